The van der Waals surface area contributed by atoms with Crippen molar-refractivity contribution in [1.82, 2.24) is 0 Å². The van der Waals surface area contributed by atoms with Gasteiger partial charge in [0.05, 0.1) is 0 Å². The van der Waals surface area contributed by atoms with Crippen LogP contribution in [0.5, 0.6) is 0 Å². The van der Waals surface area contributed by atoms with Gasteiger partial charge in [-0.05, 0) is 23.7 Å². The first-order chi connectivity index (χ1) is 25.3. The number of unbranched alkanes of at least 4 members (excludes halogenated alkanes) is 2. The van der Waals surface area contributed by atoms with Gasteiger partial charge in [-0.3, -0.25) is 0 Å². The molecule has 286 valence electrons. The molecule has 2 heteroatoms. The topological polar surface area (TPSA) is 0 Å². The minimum Gasteiger partial charge on any atom is -0.343 e. The third kappa shape index (κ3) is 16.5. The first kappa shape index (κ1) is 49.2. The number of fused-ring (bicyclic) bond motifs is 2. The molecule has 0 saturated heterocycles. The van der Waals surface area contributed by atoms with Crippen LogP contribution in [0.4, 0.5) is 0 Å². The monoisotopic (exact) mass is 812 g/mol. The maximum absolute atomic E-state index is 3.60. The van der Waals surface area contributed by atoms with Gasteiger partial charge in [0, 0.05) is 0 Å². The normalized spacial score (nSPS) is 10.6. The zero-order chi connectivity index (χ0) is 39.5. The van der Waals surface area contributed by atoms with Gasteiger partial charge >= 0.3 is 26.2 Å². The molecule has 6 aromatic carbocycles. The molecule has 54 heavy (non-hydrogen) atoms. The van der Waals surface area contributed by atoms with E-state index >= 15 is 0 Å². The summed E-state index contributed by atoms with van der Waals surface area (Å²) in [6, 6.07) is 39.8. The van der Waals surface area contributed by atoms with Crippen LogP contribution in [0.3, 0.4) is 0 Å². The molecule has 0 unspecified atom stereocenters. The molecule has 0 atom stereocenters. The molecule has 0 bridgehead atoms. The Morgan fingerprint density at radius 3 is 1.07 bits per heavy atom. The van der Waals surface area contributed by atoms with Crippen LogP contribution in [0.2, 0.25) is 0 Å². The Morgan fingerprint density at radius 1 is 0.500 bits per heavy atom. The molecule has 0 aliphatic rings. The molecule has 0 aliphatic heterocycles. The number of aryl methyl sites for hydroxylation is 2. The molecule has 0 aromatic heterocycles. The van der Waals surface area contributed by atoms with Crippen LogP contribution in [-0.4, -0.2) is 9.52 Å². The second-order valence-electron chi connectivity index (χ2n) is 15.5. The van der Waals surface area contributed by atoms with Crippen LogP contribution < -0.4 is 10.4 Å². The van der Waals surface area contributed by atoms with E-state index in [-0.39, 0.29) is 26.2 Å². The van der Waals surface area contributed by atoms with Crippen LogP contribution in [-0.2, 0) is 26.2 Å². The SMILES string of the molecule is Cc1cc2c(C(C)C)cc(C(C)C)cc2[cH-]1.Cc1cc2c(C(C)C)cc(C(C)C)cc2[cH-]1.[CH2-]CCC.[CH2-]CCC.[Zr+4].c1ccc([Si]c2ccccc2)cc1. The summed E-state index contributed by atoms with van der Waals surface area (Å²) in [6.07, 6.45) is 4.56. The zero-order valence-corrected chi connectivity index (χ0v) is 39.4. The van der Waals surface area contributed by atoms with Gasteiger partial charge in [0.2, 0.25) is 0 Å². The van der Waals surface area contributed by atoms with Crippen LogP contribution in [0.25, 0.3) is 21.5 Å². The van der Waals surface area contributed by atoms with E-state index in [0.29, 0.717) is 23.7 Å². The third-order valence-corrected chi connectivity index (χ3v) is 10.4. The van der Waals surface area contributed by atoms with E-state index in [0.717, 1.165) is 22.4 Å². The van der Waals surface area contributed by atoms with Gasteiger partial charge in [-0.25, -0.2) is 0 Å². The van der Waals surface area contributed by atoms with Crippen molar-refractivity contribution in [3.63, 3.8) is 0 Å². The Balaban J connectivity index is 0.000000366. The number of hydrogen-bond acceptors (Lipinski definition) is 0. The summed E-state index contributed by atoms with van der Waals surface area (Å²) in [5.41, 5.74) is 8.66. The van der Waals surface area contributed by atoms with Crippen LogP contribution in [0.1, 0.15) is 152 Å². The molecule has 0 N–H and O–H groups in total. The average molecular weight is 814 g/mol. The fourth-order valence-corrected chi connectivity index (χ4v) is 6.93. The summed E-state index contributed by atoms with van der Waals surface area (Å²) in [6.45, 7) is 34.0. The second kappa shape index (κ2) is 26.1. The minimum atomic E-state index is 0. The van der Waals surface area contributed by atoms with Crippen molar-refractivity contribution >= 4 is 41.4 Å². The maximum atomic E-state index is 3.60. The summed E-state index contributed by atoms with van der Waals surface area (Å²) in [4.78, 5) is 0. The van der Waals surface area contributed by atoms with E-state index in [1.54, 1.807) is 0 Å². The Kier molecular flexibility index (Phi) is 23.8. The van der Waals surface area contributed by atoms with E-state index in [1.807, 2.05) is 0 Å². The van der Waals surface area contributed by atoms with E-state index in [9.17, 15) is 0 Å². The van der Waals surface area contributed by atoms with Gasteiger partial charge in [-0.2, -0.15) is 25.0 Å². The quantitative estimate of drug-likeness (QED) is 0.106. The molecule has 0 nitrogen and oxygen atoms in total. The van der Waals surface area contributed by atoms with Gasteiger partial charge in [-0.1, -0.05) is 201 Å². The van der Waals surface area contributed by atoms with Crippen molar-refractivity contribution in [2.75, 3.05) is 0 Å². The van der Waals surface area contributed by atoms with Crippen molar-refractivity contribution in [2.45, 2.75) is 132 Å². The number of hydrogen-bond donors (Lipinski definition) is 0. The summed E-state index contributed by atoms with van der Waals surface area (Å²) in [5.74, 6) is 2.42. The predicted octanol–water partition coefficient (Wildman–Crippen LogP) is 14.8. The summed E-state index contributed by atoms with van der Waals surface area (Å²) in [5, 5.41) is 8.50. The molecular weight excluding hydrogens is 744 g/mol. The zero-order valence-electron chi connectivity index (χ0n) is 35.9. The predicted molar refractivity (Wildman–Crippen MR) is 243 cm³/mol. The van der Waals surface area contributed by atoms with E-state index in [2.05, 4.69) is 206 Å². The molecule has 0 spiro atoms. The fraction of sp³-hybridized carbons (Fsp3) is 0.385. The van der Waals surface area contributed by atoms with E-state index in [4.69, 9.17) is 0 Å². The van der Waals surface area contributed by atoms with Crippen molar-refractivity contribution < 1.29 is 26.2 Å². The van der Waals surface area contributed by atoms with Gasteiger partial charge < -0.3 is 13.8 Å². The van der Waals surface area contributed by atoms with E-state index < -0.39 is 0 Å². The molecule has 0 aliphatic carbocycles. The first-order valence-corrected chi connectivity index (χ1v) is 21.1. The van der Waals surface area contributed by atoms with Gasteiger partial charge in [-0.15, -0.1) is 56.9 Å². The number of benzene rings is 4. The Hall–Kier alpha value is -2.80. The Labute approximate surface area is 354 Å². The molecule has 0 heterocycles. The van der Waals surface area contributed by atoms with Crippen LogP contribution in [0, 0.1) is 27.7 Å². The van der Waals surface area contributed by atoms with Crippen molar-refractivity contribution in [3.8, 4) is 0 Å². The second-order valence-corrected chi connectivity index (χ2v) is 16.9. The van der Waals surface area contributed by atoms with Gasteiger partial charge in [0.25, 0.3) is 0 Å². The fourth-order valence-electron chi connectivity index (χ4n) is 5.88. The Bertz CT molecular complexity index is 1710. The van der Waals surface area contributed by atoms with Crippen molar-refractivity contribution in [3.05, 3.63) is 156 Å². The average Bonchev–Trinajstić information content (AvgIpc) is 3.72. The molecule has 0 fully saturated rings. The van der Waals surface area contributed by atoms with Gasteiger partial charge in [0.15, 0.2) is 0 Å². The summed E-state index contributed by atoms with van der Waals surface area (Å²) >= 11 is 0. The van der Waals surface area contributed by atoms with Crippen LogP contribution in [0.15, 0.2) is 109 Å². The van der Waals surface area contributed by atoms with Crippen molar-refractivity contribution in [2.24, 2.45) is 0 Å². The molecule has 6 aromatic rings. The standard InChI is InChI=1S/2C16H21.C12H10Si.2C4H9.Zr/c2*1-10(2)13-8-14-6-12(5)7-16(14)15(9-13)11(3)4;1-3-7-11(8-4-1)13-12-9-5-2-6-10-12;2*1-3-4-2;/h2*6-11H,1-5H3;1-10H;2*1,3-4H2,2H3;/q2*-1;;2*-1;+4. The molecule has 6 rings (SSSR count). The number of rotatable bonds is 8. The van der Waals surface area contributed by atoms with E-state index in [1.165, 1.54) is 78.1 Å². The summed E-state index contributed by atoms with van der Waals surface area (Å²) in [7, 11) is 0.777. The Morgan fingerprint density at radius 2 is 0.815 bits per heavy atom. The van der Waals surface area contributed by atoms with Crippen molar-refractivity contribution in [1.29, 1.82) is 0 Å². The molecule has 0 saturated carbocycles. The first-order valence-electron chi connectivity index (χ1n) is 20.1. The minimum absolute atomic E-state index is 0. The largest absolute Gasteiger partial charge is 4.00 e. The molecule has 0 amide bonds. The maximum Gasteiger partial charge on any atom is 4.00 e. The third-order valence-electron chi connectivity index (χ3n) is 9.16. The smallest absolute Gasteiger partial charge is 0.343 e. The van der Waals surface area contributed by atoms with Gasteiger partial charge in [0.1, 0.15) is 9.52 Å². The molecular formula is C52H70SiZr. The summed E-state index contributed by atoms with van der Waals surface area (Å²) < 4.78 is 0. The van der Waals surface area contributed by atoms with Crippen LogP contribution >= 0.6 is 0 Å². The molecule has 2 radical (unpaired) electrons.